The van der Waals surface area contributed by atoms with Gasteiger partial charge in [0.05, 0.1) is 0 Å². The number of carbonyl (C=O) groups excluding carboxylic acids is 1. The van der Waals surface area contributed by atoms with Crippen molar-refractivity contribution in [2.75, 3.05) is 0 Å². The number of rotatable bonds is 6. The van der Waals surface area contributed by atoms with Gasteiger partial charge in [0.25, 0.3) is 11.6 Å². The molecule has 1 aromatic rings. The van der Waals surface area contributed by atoms with E-state index in [1.165, 1.54) is 0 Å². The third kappa shape index (κ3) is 3.63. The van der Waals surface area contributed by atoms with E-state index in [9.17, 15) is 14.9 Å². The monoisotopic (exact) mass is 211 g/mol. The molecule has 0 fully saturated rings. The molecular weight excluding hydrogens is 202 g/mol. The van der Waals surface area contributed by atoms with Crippen molar-refractivity contribution in [1.29, 1.82) is 0 Å². The number of hydrogen-bond acceptors (Lipinski definition) is 5. The Morgan fingerprint density at radius 1 is 1.27 bits per heavy atom. The molecule has 0 bridgehead atoms. The Kier molecular flexibility index (Phi) is 4.08. The first-order chi connectivity index (χ1) is 7.24. The summed E-state index contributed by atoms with van der Waals surface area (Å²) in [4.78, 5) is 24.2. The third-order valence-electron chi connectivity index (χ3n) is 1.75. The van der Waals surface area contributed by atoms with Crippen LogP contribution >= 0.6 is 0 Å². The van der Waals surface area contributed by atoms with Crippen LogP contribution in [0.25, 0.3) is 0 Å². The van der Waals surface area contributed by atoms with E-state index in [-0.39, 0.29) is 13.2 Å². The van der Waals surface area contributed by atoms with Gasteiger partial charge in [-0.1, -0.05) is 24.3 Å². The molecule has 0 spiro atoms. The Balaban J connectivity index is 2.67. The van der Waals surface area contributed by atoms with Crippen LogP contribution in [0, 0.1) is 10.1 Å². The van der Waals surface area contributed by atoms with Crippen LogP contribution in [-0.4, -0.2) is 11.6 Å². The Labute approximate surface area is 85.5 Å². The number of nitrogens with zero attached hydrogens (tertiary/aromatic N) is 1. The van der Waals surface area contributed by atoms with E-state index in [4.69, 9.17) is 0 Å². The molecule has 0 N–H and O–H groups in total. The second kappa shape index (κ2) is 5.58. The van der Waals surface area contributed by atoms with Crippen molar-refractivity contribution in [2.45, 2.75) is 13.2 Å². The van der Waals surface area contributed by atoms with Crippen LogP contribution in [-0.2, 0) is 27.6 Å². The van der Waals surface area contributed by atoms with Gasteiger partial charge in [-0.25, -0.2) is 0 Å². The van der Waals surface area contributed by atoms with E-state index >= 15 is 0 Å². The molecule has 0 aliphatic heterocycles. The van der Waals surface area contributed by atoms with Crippen molar-refractivity contribution >= 4 is 6.47 Å². The van der Waals surface area contributed by atoms with Crippen LogP contribution in [0.3, 0.4) is 0 Å². The summed E-state index contributed by atoms with van der Waals surface area (Å²) in [6, 6.07) is 6.86. The van der Waals surface area contributed by atoms with Gasteiger partial charge in [0.1, 0.15) is 13.2 Å². The smallest absolute Gasteiger partial charge is 0.294 e. The molecule has 0 saturated heterocycles. The predicted molar refractivity (Wildman–Crippen MR) is 49.1 cm³/mol. The molecule has 0 aromatic heterocycles. The molecule has 0 aliphatic rings. The first-order valence-corrected chi connectivity index (χ1v) is 4.13. The Morgan fingerprint density at radius 3 is 2.40 bits per heavy atom. The second-order valence-corrected chi connectivity index (χ2v) is 2.67. The lowest BCUT2D eigenvalue weighted by Gasteiger charge is -2.06. The molecule has 1 rings (SSSR count). The van der Waals surface area contributed by atoms with Crippen LogP contribution in [0.4, 0.5) is 0 Å². The standard InChI is InChI=1S/C9H9NO5/c11-7-14-5-8-3-1-2-4-9(8)6-15-10(12)13/h1-4,7H,5-6H2. The average molecular weight is 211 g/mol. The van der Waals surface area contributed by atoms with E-state index in [2.05, 4.69) is 9.57 Å². The quantitative estimate of drug-likeness (QED) is 0.399. The summed E-state index contributed by atoms with van der Waals surface area (Å²) in [7, 11) is 0. The number of carbonyl (C=O) groups is 1. The van der Waals surface area contributed by atoms with Gasteiger partial charge in [0.2, 0.25) is 0 Å². The summed E-state index contributed by atoms with van der Waals surface area (Å²) in [5, 5.41) is 9.13. The highest BCUT2D eigenvalue weighted by atomic mass is 16.9. The normalized spacial score (nSPS) is 9.33. The summed E-state index contributed by atoms with van der Waals surface area (Å²) < 4.78 is 4.56. The highest BCUT2D eigenvalue weighted by Crippen LogP contribution is 2.11. The molecule has 6 nitrogen and oxygen atoms in total. The number of benzene rings is 1. The third-order valence-corrected chi connectivity index (χ3v) is 1.75. The van der Waals surface area contributed by atoms with Gasteiger partial charge in [-0.05, 0) is 11.1 Å². The average Bonchev–Trinajstić information content (AvgIpc) is 2.24. The van der Waals surface area contributed by atoms with Gasteiger partial charge in [-0.15, -0.1) is 10.1 Å². The van der Waals surface area contributed by atoms with E-state index in [1.54, 1.807) is 24.3 Å². The summed E-state index contributed by atoms with van der Waals surface area (Å²) in [5.41, 5.74) is 1.31. The second-order valence-electron chi connectivity index (χ2n) is 2.67. The zero-order valence-corrected chi connectivity index (χ0v) is 7.79. The summed E-state index contributed by atoms with van der Waals surface area (Å²) >= 11 is 0. The topological polar surface area (TPSA) is 78.7 Å². The van der Waals surface area contributed by atoms with Gasteiger partial charge >= 0.3 is 0 Å². The van der Waals surface area contributed by atoms with Crippen LogP contribution < -0.4 is 0 Å². The molecule has 0 atom stereocenters. The lowest BCUT2D eigenvalue weighted by molar-refractivity contribution is -0.763. The largest absolute Gasteiger partial charge is 0.463 e. The minimum absolute atomic E-state index is 0.0841. The molecule has 0 amide bonds. The first kappa shape index (κ1) is 11.0. The zero-order valence-electron chi connectivity index (χ0n) is 7.79. The highest BCUT2D eigenvalue weighted by molar-refractivity contribution is 5.38. The molecule has 0 heterocycles. The lowest BCUT2D eigenvalue weighted by atomic mass is 10.1. The first-order valence-electron chi connectivity index (χ1n) is 4.13. The fourth-order valence-electron chi connectivity index (χ4n) is 1.09. The van der Waals surface area contributed by atoms with Gasteiger partial charge in [-0.2, -0.15) is 0 Å². The maximum Gasteiger partial charge on any atom is 0.294 e. The molecule has 0 unspecified atom stereocenters. The summed E-state index contributed by atoms with van der Waals surface area (Å²) in [6.07, 6.45) is 0. The molecular formula is C9H9NO5. The molecule has 0 saturated carbocycles. The number of hydrogen-bond donors (Lipinski definition) is 0. The number of ether oxygens (including phenoxy) is 1. The van der Waals surface area contributed by atoms with Gasteiger partial charge in [0.15, 0.2) is 0 Å². The van der Waals surface area contributed by atoms with E-state index in [0.717, 1.165) is 0 Å². The van der Waals surface area contributed by atoms with Crippen molar-refractivity contribution < 1.29 is 19.5 Å². The fourth-order valence-corrected chi connectivity index (χ4v) is 1.09. The Morgan fingerprint density at radius 2 is 1.87 bits per heavy atom. The molecule has 15 heavy (non-hydrogen) atoms. The van der Waals surface area contributed by atoms with Crippen molar-refractivity contribution in [3.05, 3.63) is 45.5 Å². The van der Waals surface area contributed by atoms with Crippen LogP contribution in [0.2, 0.25) is 0 Å². The van der Waals surface area contributed by atoms with Gasteiger partial charge in [-0.3, -0.25) is 4.79 Å². The van der Waals surface area contributed by atoms with Crippen molar-refractivity contribution in [1.82, 2.24) is 0 Å². The molecule has 0 aliphatic carbocycles. The zero-order chi connectivity index (χ0) is 11.1. The summed E-state index contributed by atoms with van der Waals surface area (Å²) in [5.74, 6) is 0. The Bertz CT molecular complexity index is 352. The maximum atomic E-state index is 9.99. The van der Waals surface area contributed by atoms with E-state index < -0.39 is 5.09 Å². The minimum atomic E-state index is -0.864. The van der Waals surface area contributed by atoms with Crippen LogP contribution in [0.15, 0.2) is 24.3 Å². The maximum absolute atomic E-state index is 9.99. The molecule has 80 valence electrons. The highest BCUT2D eigenvalue weighted by Gasteiger charge is 2.04. The van der Waals surface area contributed by atoms with Crippen LogP contribution in [0.5, 0.6) is 0 Å². The lowest BCUT2D eigenvalue weighted by Crippen LogP contribution is -2.04. The predicted octanol–water partition coefficient (Wildman–Crippen LogP) is 1.07. The molecule has 0 radical (unpaired) electrons. The van der Waals surface area contributed by atoms with Gasteiger partial charge < -0.3 is 9.57 Å². The summed E-state index contributed by atoms with van der Waals surface area (Å²) in [6.45, 7) is 0.261. The van der Waals surface area contributed by atoms with E-state index in [0.29, 0.717) is 17.6 Å². The molecule has 6 heteroatoms. The van der Waals surface area contributed by atoms with Crippen molar-refractivity contribution in [3.63, 3.8) is 0 Å². The minimum Gasteiger partial charge on any atom is -0.463 e. The molecule has 1 aromatic carbocycles. The Hall–Kier alpha value is -2.11. The fraction of sp³-hybridized carbons (Fsp3) is 0.222. The van der Waals surface area contributed by atoms with Gasteiger partial charge in [0, 0.05) is 0 Å². The SMILES string of the molecule is O=COCc1ccccc1CO[N+](=O)[O-]. The van der Waals surface area contributed by atoms with Crippen molar-refractivity contribution in [2.24, 2.45) is 0 Å². The van der Waals surface area contributed by atoms with Crippen molar-refractivity contribution in [3.8, 4) is 0 Å². The van der Waals surface area contributed by atoms with Crippen LogP contribution in [0.1, 0.15) is 11.1 Å². The van der Waals surface area contributed by atoms with E-state index in [1.807, 2.05) is 0 Å².